The topological polar surface area (TPSA) is 44.2 Å². The number of rotatable bonds is 2. The van der Waals surface area contributed by atoms with Crippen LogP contribution in [-0.4, -0.2) is 6.61 Å². The van der Waals surface area contributed by atoms with E-state index in [9.17, 15) is 0 Å². The van der Waals surface area contributed by atoms with Gasteiger partial charge in [0.2, 0.25) is 0 Å². The first-order valence-electron chi connectivity index (χ1n) is 3.64. The highest BCUT2D eigenvalue weighted by Gasteiger charge is 2.10. The number of benzene rings is 1. The molecular formula is C9H13NO. The lowest BCUT2D eigenvalue weighted by molar-refractivity contribution is 0.339. The Morgan fingerprint density at radius 1 is 1.27 bits per heavy atom. The van der Waals surface area contributed by atoms with Crippen molar-refractivity contribution < 1.29 is 4.74 Å². The van der Waals surface area contributed by atoms with Crippen molar-refractivity contribution in [2.45, 2.75) is 13.3 Å². The molecule has 0 unspecified atom stereocenters. The number of hydrogen-bond acceptors (Lipinski definition) is 2. The molecule has 1 aromatic carbocycles. The van der Waals surface area contributed by atoms with Crippen LogP contribution in [0.4, 0.5) is 0 Å². The number of ether oxygens (including phenoxy) is 1. The average molecular weight is 151 g/mol. The first-order chi connectivity index (χ1) is 4.88. The predicted octanol–water partition coefficient (Wildman–Crippen LogP) is 2.15. The summed E-state index contributed by atoms with van der Waals surface area (Å²) in [6.45, 7) is 2.77. The maximum Gasteiger partial charge on any atom is 0.119 e. The zero-order valence-corrected chi connectivity index (χ0v) is 6.76. The molecule has 2 bridgehead atoms. The highest BCUT2D eigenvalue weighted by Crippen LogP contribution is 2.27. The van der Waals surface area contributed by atoms with Gasteiger partial charge >= 0.3 is 0 Å². The Bertz CT molecular complexity index is 237. The summed E-state index contributed by atoms with van der Waals surface area (Å²) in [6, 6.07) is 6.41. The van der Waals surface area contributed by atoms with Gasteiger partial charge in [-0.3, -0.25) is 0 Å². The van der Waals surface area contributed by atoms with E-state index in [-0.39, 0.29) is 6.15 Å². The molecule has 0 saturated carbocycles. The molecule has 60 valence electrons. The van der Waals surface area contributed by atoms with E-state index in [2.05, 4.69) is 18.2 Å². The predicted molar refractivity (Wildman–Crippen MR) is 45.4 cm³/mol. The summed E-state index contributed by atoms with van der Waals surface area (Å²) in [4.78, 5) is 0. The fourth-order valence-corrected chi connectivity index (χ4v) is 1.29. The van der Waals surface area contributed by atoms with Gasteiger partial charge in [0, 0.05) is 0 Å². The summed E-state index contributed by atoms with van der Waals surface area (Å²) in [7, 11) is 0. The molecule has 3 rings (SSSR count). The van der Waals surface area contributed by atoms with Crippen LogP contribution in [0.1, 0.15) is 18.1 Å². The fourth-order valence-electron chi connectivity index (χ4n) is 1.29. The summed E-state index contributed by atoms with van der Waals surface area (Å²) in [5, 5.41) is 0. The van der Waals surface area contributed by atoms with E-state index >= 15 is 0 Å². The monoisotopic (exact) mass is 151 g/mol. The van der Waals surface area contributed by atoms with Crippen LogP contribution in [0.3, 0.4) is 0 Å². The number of hydrogen-bond donors (Lipinski definition) is 1. The van der Waals surface area contributed by atoms with Crippen LogP contribution in [0.15, 0.2) is 18.2 Å². The Morgan fingerprint density at radius 3 is 2.27 bits per heavy atom. The lowest BCUT2D eigenvalue weighted by atomic mass is 9.93. The quantitative estimate of drug-likeness (QED) is 0.714. The zero-order valence-electron chi connectivity index (χ0n) is 6.76. The second-order valence-corrected chi connectivity index (χ2v) is 2.60. The van der Waals surface area contributed by atoms with E-state index in [1.807, 2.05) is 6.92 Å². The zero-order chi connectivity index (χ0) is 6.97. The van der Waals surface area contributed by atoms with Gasteiger partial charge in [-0.25, -0.2) is 0 Å². The van der Waals surface area contributed by atoms with Crippen molar-refractivity contribution in [2.75, 3.05) is 6.61 Å². The first kappa shape index (κ1) is 8.08. The lowest BCUT2D eigenvalue weighted by Crippen LogP contribution is -2.02. The SMILES string of the molecule is CCOc1cc2cc(c1)C2.N. The van der Waals surface area contributed by atoms with Crippen molar-refractivity contribution >= 4 is 0 Å². The van der Waals surface area contributed by atoms with Crippen molar-refractivity contribution in [2.24, 2.45) is 0 Å². The molecule has 2 nitrogen and oxygen atoms in total. The van der Waals surface area contributed by atoms with Gasteiger partial charge in [-0.05, 0) is 36.6 Å². The molecule has 0 heterocycles. The molecule has 0 saturated heterocycles. The fraction of sp³-hybridized carbons (Fsp3) is 0.333. The van der Waals surface area contributed by atoms with E-state index in [0.717, 1.165) is 18.8 Å². The molecule has 0 aromatic heterocycles. The van der Waals surface area contributed by atoms with Crippen molar-refractivity contribution in [3.63, 3.8) is 0 Å². The first-order valence-corrected chi connectivity index (χ1v) is 3.64. The molecule has 0 radical (unpaired) electrons. The second kappa shape index (κ2) is 2.93. The van der Waals surface area contributed by atoms with Crippen molar-refractivity contribution in [3.8, 4) is 5.75 Å². The Morgan fingerprint density at radius 2 is 1.82 bits per heavy atom. The molecule has 1 aromatic rings. The Labute approximate surface area is 66.8 Å². The molecule has 11 heavy (non-hydrogen) atoms. The molecule has 0 fully saturated rings. The lowest BCUT2D eigenvalue weighted by Gasteiger charge is -2.16. The van der Waals surface area contributed by atoms with Crippen molar-refractivity contribution in [1.82, 2.24) is 6.15 Å². The van der Waals surface area contributed by atoms with E-state index in [1.54, 1.807) is 0 Å². The van der Waals surface area contributed by atoms with Crippen LogP contribution in [0.5, 0.6) is 5.75 Å². The van der Waals surface area contributed by atoms with E-state index in [0.29, 0.717) is 0 Å². The minimum atomic E-state index is 0. The van der Waals surface area contributed by atoms with Gasteiger partial charge in [0.25, 0.3) is 0 Å². The minimum absolute atomic E-state index is 0. The van der Waals surface area contributed by atoms with E-state index < -0.39 is 0 Å². The molecule has 0 spiro atoms. The molecule has 0 amide bonds. The molecule has 2 heteroatoms. The summed E-state index contributed by atoms with van der Waals surface area (Å²) < 4.78 is 5.33. The highest BCUT2D eigenvalue weighted by atomic mass is 16.5. The standard InChI is InChI=1S/C9H10O.H3N/c1-2-10-9-5-7-3-8(4-7)6-9;/h3,5-6H,2,4H2,1H3;1H3. The average Bonchev–Trinajstić information content (AvgIpc) is 1.87. The molecule has 0 atom stereocenters. The van der Waals surface area contributed by atoms with Crippen LogP contribution in [0, 0.1) is 0 Å². The minimum Gasteiger partial charge on any atom is -0.494 e. The van der Waals surface area contributed by atoms with Crippen molar-refractivity contribution in [1.29, 1.82) is 0 Å². The van der Waals surface area contributed by atoms with E-state index in [4.69, 9.17) is 4.74 Å². The molecule has 2 aliphatic carbocycles. The van der Waals surface area contributed by atoms with Gasteiger partial charge in [0.15, 0.2) is 0 Å². The summed E-state index contributed by atoms with van der Waals surface area (Å²) in [5.41, 5.74) is 2.81. The second-order valence-electron chi connectivity index (χ2n) is 2.60. The van der Waals surface area contributed by atoms with Gasteiger partial charge in [-0.15, -0.1) is 0 Å². The van der Waals surface area contributed by atoms with Crippen LogP contribution >= 0.6 is 0 Å². The van der Waals surface area contributed by atoms with Gasteiger partial charge in [-0.1, -0.05) is 6.07 Å². The van der Waals surface area contributed by atoms with Gasteiger partial charge in [0.05, 0.1) is 6.61 Å². The van der Waals surface area contributed by atoms with Crippen LogP contribution in [0.2, 0.25) is 0 Å². The molecule has 2 aliphatic rings. The summed E-state index contributed by atoms with van der Waals surface area (Å²) in [6.07, 6.45) is 1.15. The van der Waals surface area contributed by atoms with Crippen LogP contribution in [-0.2, 0) is 6.42 Å². The third-order valence-corrected chi connectivity index (χ3v) is 1.75. The Balaban J connectivity index is 0.000000605. The third kappa shape index (κ3) is 1.35. The third-order valence-electron chi connectivity index (χ3n) is 1.75. The number of fused-ring (bicyclic) bond motifs is 2. The van der Waals surface area contributed by atoms with E-state index in [1.165, 1.54) is 11.1 Å². The van der Waals surface area contributed by atoms with Crippen LogP contribution in [0.25, 0.3) is 0 Å². The molecule has 3 N–H and O–H groups in total. The van der Waals surface area contributed by atoms with Crippen LogP contribution < -0.4 is 10.9 Å². The Hall–Kier alpha value is -1.02. The molecule has 0 aliphatic heterocycles. The smallest absolute Gasteiger partial charge is 0.119 e. The summed E-state index contributed by atoms with van der Waals surface area (Å²) >= 11 is 0. The maximum absolute atomic E-state index is 5.33. The summed E-state index contributed by atoms with van der Waals surface area (Å²) in [5.74, 6) is 1.03. The highest BCUT2D eigenvalue weighted by molar-refractivity contribution is 5.44. The normalized spacial score (nSPS) is 11.4. The van der Waals surface area contributed by atoms with Gasteiger partial charge < -0.3 is 10.9 Å². The van der Waals surface area contributed by atoms with Gasteiger partial charge in [-0.2, -0.15) is 0 Å². The molecular weight excluding hydrogens is 138 g/mol. The van der Waals surface area contributed by atoms with Gasteiger partial charge in [0.1, 0.15) is 5.75 Å². The van der Waals surface area contributed by atoms with Crippen molar-refractivity contribution in [3.05, 3.63) is 29.3 Å². The maximum atomic E-state index is 5.33. The largest absolute Gasteiger partial charge is 0.494 e. The Kier molecular flexibility index (Phi) is 2.15.